The lowest BCUT2D eigenvalue weighted by Gasteiger charge is -2.35. The molecule has 0 aromatic heterocycles. The number of aromatic hydroxyl groups is 1. The number of ether oxygens (including phenoxy) is 2. The molecule has 0 saturated carbocycles. The Bertz CT molecular complexity index is 1320. The summed E-state index contributed by atoms with van der Waals surface area (Å²) in [6.45, 7) is 7.42. The van der Waals surface area contributed by atoms with E-state index in [-0.39, 0.29) is 24.3 Å². The molecular weight excluding hydrogens is 534 g/mol. The number of anilines is 1. The minimum Gasteiger partial charge on any atom is -0.508 e. The highest BCUT2D eigenvalue weighted by Gasteiger charge is 2.37. The molecule has 3 N–H and O–H groups in total. The zero-order valence-corrected chi connectivity index (χ0v) is 24.9. The van der Waals surface area contributed by atoms with Crippen LogP contribution in [0.5, 0.6) is 11.5 Å². The van der Waals surface area contributed by atoms with E-state index in [4.69, 9.17) is 9.47 Å². The number of hydrogen-bond donors (Lipinski definition) is 3. The Hall–Kier alpha value is -4.53. The molecule has 9 heteroatoms. The average Bonchev–Trinajstić information content (AvgIpc) is 2.95. The van der Waals surface area contributed by atoms with Crippen LogP contribution in [0.4, 0.5) is 10.5 Å². The molecule has 0 aliphatic heterocycles. The molecule has 0 fully saturated rings. The van der Waals surface area contributed by atoms with Gasteiger partial charge < -0.3 is 30.1 Å². The van der Waals surface area contributed by atoms with Crippen LogP contribution < -0.4 is 15.4 Å². The number of nitrogens with one attached hydrogen (secondary N) is 2. The lowest BCUT2D eigenvalue weighted by molar-refractivity contribution is -0.140. The molecule has 2 unspecified atom stereocenters. The van der Waals surface area contributed by atoms with E-state index in [1.54, 1.807) is 70.3 Å². The average molecular weight is 576 g/mol. The van der Waals surface area contributed by atoms with E-state index in [0.29, 0.717) is 17.9 Å². The van der Waals surface area contributed by atoms with Crippen LogP contribution in [-0.4, -0.2) is 53.2 Å². The van der Waals surface area contributed by atoms with Gasteiger partial charge in [0.2, 0.25) is 5.91 Å². The number of amides is 3. The van der Waals surface area contributed by atoms with E-state index >= 15 is 0 Å². The van der Waals surface area contributed by atoms with E-state index in [1.165, 1.54) is 11.0 Å². The third kappa shape index (κ3) is 9.26. The minimum absolute atomic E-state index is 0.124. The van der Waals surface area contributed by atoms with E-state index in [1.807, 2.05) is 37.3 Å². The zero-order chi connectivity index (χ0) is 30.7. The van der Waals surface area contributed by atoms with Gasteiger partial charge in [-0.25, -0.2) is 4.79 Å². The van der Waals surface area contributed by atoms with Gasteiger partial charge in [0.05, 0.1) is 7.11 Å². The van der Waals surface area contributed by atoms with Crippen molar-refractivity contribution < 1.29 is 29.0 Å². The Kier molecular flexibility index (Phi) is 11.4. The van der Waals surface area contributed by atoms with Crippen molar-refractivity contribution in [2.24, 2.45) is 0 Å². The molecule has 3 amide bonds. The fourth-order valence-corrected chi connectivity index (χ4v) is 4.45. The van der Waals surface area contributed by atoms with Gasteiger partial charge in [0.1, 0.15) is 29.2 Å². The fourth-order valence-electron chi connectivity index (χ4n) is 4.45. The van der Waals surface area contributed by atoms with Crippen molar-refractivity contribution in [2.45, 2.75) is 64.6 Å². The second kappa shape index (κ2) is 14.9. The molecule has 42 heavy (non-hydrogen) atoms. The molecule has 0 saturated heterocycles. The number of phenols is 1. The molecule has 0 spiro atoms. The summed E-state index contributed by atoms with van der Waals surface area (Å²) < 4.78 is 10.7. The first-order valence-corrected chi connectivity index (χ1v) is 14.1. The first-order chi connectivity index (χ1) is 20.0. The number of rotatable bonds is 12. The van der Waals surface area contributed by atoms with E-state index in [9.17, 15) is 19.5 Å². The van der Waals surface area contributed by atoms with Crippen LogP contribution in [-0.2, 0) is 20.7 Å². The number of phenolic OH excluding ortho intramolecular Hbond substituents is 1. The van der Waals surface area contributed by atoms with Gasteiger partial charge in [0.25, 0.3) is 5.91 Å². The molecule has 0 aliphatic carbocycles. The molecule has 0 aliphatic rings. The van der Waals surface area contributed by atoms with Gasteiger partial charge in [0.15, 0.2) is 0 Å². The Balaban J connectivity index is 2.04. The summed E-state index contributed by atoms with van der Waals surface area (Å²) in [5.41, 5.74) is 0.813. The zero-order valence-electron chi connectivity index (χ0n) is 24.9. The maximum atomic E-state index is 14.4. The predicted molar refractivity (Wildman–Crippen MR) is 162 cm³/mol. The topological polar surface area (TPSA) is 117 Å². The van der Waals surface area contributed by atoms with E-state index in [0.717, 1.165) is 12.0 Å². The Labute approximate surface area is 247 Å². The van der Waals surface area contributed by atoms with Crippen molar-refractivity contribution in [2.75, 3.05) is 19.0 Å². The third-order valence-corrected chi connectivity index (χ3v) is 6.46. The molecule has 224 valence electrons. The van der Waals surface area contributed by atoms with Crippen LogP contribution in [0.1, 0.15) is 57.7 Å². The van der Waals surface area contributed by atoms with Crippen LogP contribution >= 0.6 is 0 Å². The molecule has 3 aromatic carbocycles. The van der Waals surface area contributed by atoms with Crippen molar-refractivity contribution >= 4 is 23.6 Å². The number of alkyl carbamates (subject to hydrolysis) is 1. The summed E-state index contributed by atoms with van der Waals surface area (Å²) in [6.07, 6.45) is 0.778. The molecule has 3 rings (SSSR count). The van der Waals surface area contributed by atoms with Crippen molar-refractivity contribution in [3.63, 3.8) is 0 Å². The van der Waals surface area contributed by atoms with Crippen molar-refractivity contribution in [1.82, 2.24) is 10.2 Å². The number of hydrogen-bond acceptors (Lipinski definition) is 6. The van der Waals surface area contributed by atoms with Crippen LogP contribution in [0.3, 0.4) is 0 Å². The second-order valence-electron chi connectivity index (χ2n) is 11.0. The molecule has 0 radical (unpaired) electrons. The number of benzene rings is 3. The number of carbonyl (C=O) groups excluding carboxylic acids is 3. The molecule has 2 atom stereocenters. The van der Waals surface area contributed by atoms with Gasteiger partial charge in [-0.3, -0.25) is 9.59 Å². The van der Waals surface area contributed by atoms with Gasteiger partial charge in [-0.15, -0.1) is 0 Å². The van der Waals surface area contributed by atoms with Crippen LogP contribution in [0, 0.1) is 0 Å². The molecule has 0 bridgehead atoms. The van der Waals surface area contributed by atoms with Gasteiger partial charge in [-0.2, -0.15) is 0 Å². The van der Waals surface area contributed by atoms with Gasteiger partial charge in [-0.1, -0.05) is 61.9 Å². The van der Waals surface area contributed by atoms with E-state index < -0.39 is 35.6 Å². The summed E-state index contributed by atoms with van der Waals surface area (Å²) >= 11 is 0. The molecule has 3 aromatic rings. The maximum absolute atomic E-state index is 14.4. The summed E-state index contributed by atoms with van der Waals surface area (Å²) in [4.78, 5) is 42.7. The lowest BCUT2D eigenvalue weighted by Crippen LogP contribution is -2.53. The van der Waals surface area contributed by atoms with Crippen LogP contribution in [0.25, 0.3) is 0 Å². The van der Waals surface area contributed by atoms with Crippen molar-refractivity contribution in [3.05, 3.63) is 90.0 Å². The van der Waals surface area contributed by atoms with E-state index in [2.05, 4.69) is 10.6 Å². The highest BCUT2D eigenvalue weighted by molar-refractivity contribution is 5.99. The highest BCUT2D eigenvalue weighted by atomic mass is 16.6. The SMILES string of the molecule is CCCCN(C(=O)C(Cc1ccccc1)NC(=O)OC(C)(C)C)C(C(=O)Nc1ccc(OC)cc1)c1ccccc1O. The van der Waals surface area contributed by atoms with Crippen LogP contribution in [0.15, 0.2) is 78.9 Å². The van der Waals surface area contributed by atoms with Gasteiger partial charge in [-0.05, 0) is 63.1 Å². The standard InChI is InChI=1S/C33H41N3O6/c1-6-7-21-36(31(39)27(22-23-13-9-8-10-14-23)35-32(40)42-33(2,3)4)29(26-15-11-12-16-28(26)37)30(38)34-24-17-19-25(41-5)20-18-24/h8-20,27,29,37H,6-7,21-22H2,1-5H3,(H,34,38)(H,35,40). The Morgan fingerprint density at radius 3 is 2.17 bits per heavy atom. The number of nitrogens with zero attached hydrogens (tertiary/aromatic N) is 1. The minimum atomic E-state index is -1.19. The molecule has 0 heterocycles. The Morgan fingerprint density at radius 2 is 1.57 bits per heavy atom. The number of unbranched alkanes of at least 4 members (excludes halogenated alkanes) is 1. The number of carbonyl (C=O) groups is 3. The quantitative estimate of drug-likeness (QED) is 0.250. The fraction of sp³-hybridized carbons (Fsp3) is 0.364. The monoisotopic (exact) mass is 575 g/mol. The van der Waals surface area contributed by atoms with Gasteiger partial charge >= 0.3 is 6.09 Å². The number of para-hydroxylation sites is 1. The highest BCUT2D eigenvalue weighted by Crippen LogP contribution is 2.31. The maximum Gasteiger partial charge on any atom is 0.408 e. The predicted octanol–water partition coefficient (Wildman–Crippen LogP) is 5.85. The lowest BCUT2D eigenvalue weighted by atomic mass is 9.99. The van der Waals surface area contributed by atoms with Crippen molar-refractivity contribution in [1.29, 1.82) is 0 Å². The third-order valence-electron chi connectivity index (χ3n) is 6.46. The first-order valence-electron chi connectivity index (χ1n) is 14.1. The van der Waals surface area contributed by atoms with Crippen molar-refractivity contribution in [3.8, 4) is 11.5 Å². The summed E-state index contributed by atoms with van der Waals surface area (Å²) in [5.74, 6) is -0.485. The summed E-state index contributed by atoms with van der Waals surface area (Å²) in [5, 5.41) is 16.5. The van der Waals surface area contributed by atoms with Crippen LogP contribution in [0.2, 0.25) is 0 Å². The smallest absolute Gasteiger partial charge is 0.408 e. The van der Waals surface area contributed by atoms with Gasteiger partial charge in [0, 0.05) is 24.2 Å². The first kappa shape index (κ1) is 32.0. The largest absolute Gasteiger partial charge is 0.508 e. The summed E-state index contributed by atoms with van der Waals surface area (Å²) in [6, 6.07) is 20.3. The normalized spacial score (nSPS) is 12.5. The summed E-state index contributed by atoms with van der Waals surface area (Å²) in [7, 11) is 1.55. The molecule has 9 nitrogen and oxygen atoms in total. The number of methoxy groups -OCH3 is 1. The second-order valence-corrected chi connectivity index (χ2v) is 11.0. The molecular formula is C33H41N3O6. The Morgan fingerprint density at radius 1 is 0.929 bits per heavy atom.